The first-order valence-electron chi connectivity index (χ1n) is 17.6. The Hall–Kier alpha value is -4.28. The van der Waals surface area contributed by atoms with Crippen molar-refractivity contribution in [2.24, 2.45) is 5.41 Å². The van der Waals surface area contributed by atoms with E-state index in [1.165, 1.54) is 11.0 Å². The number of ketones is 1. The molecule has 3 aliphatic carbocycles. The van der Waals surface area contributed by atoms with Gasteiger partial charge in [-0.25, -0.2) is 13.6 Å². The van der Waals surface area contributed by atoms with Gasteiger partial charge in [-0.2, -0.15) is 0 Å². The Balaban J connectivity index is 1.60. The summed E-state index contributed by atoms with van der Waals surface area (Å²) in [5.74, 6) is -1.86. The van der Waals surface area contributed by atoms with Crippen molar-refractivity contribution >= 4 is 11.9 Å². The number of carbonyl (C=O) groups is 2. The molecule has 1 amide bonds. The SMILES string of the molecule is CCOC(=O)N(Cc1ccc(OC)cc1OC)CC1(O)CCC2c3ccc(cc3C(=O)c3ccc(F)c(F)c3)CC(O)CCC(C)=CCCC21C. The smallest absolute Gasteiger partial charge is 0.410 e. The summed E-state index contributed by atoms with van der Waals surface area (Å²) in [7, 11) is 3.10. The second-order valence-corrected chi connectivity index (χ2v) is 14.1. The number of nitrogens with zero attached hydrogens (tertiary/aromatic N) is 1. The summed E-state index contributed by atoms with van der Waals surface area (Å²) in [5.41, 5.74) is 1.32. The molecular formula is C41H49F2NO7. The third-order valence-electron chi connectivity index (χ3n) is 10.9. The Morgan fingerprint density at radius 3 is 2.47 bits per heavy atom. The lowest BCUT2D eigenvalue weighted by atomic mass is 9.64. The number of carbonyl (C=O) groups excluding carboxylic acids is 2. The molecule has 1 saturated carbocycles. The monoisotopic (exact) mass is 705 g/mol. The number of aliphatic hydroxyl groups excluding tert-OH is 1. The van der Waals surface area contributed by atoms with Crippen LogP contribution in [-0.4, -0.2) is 66.1 Å². The lowest BCUT2D eigenvalue weighted by Gasteiger charge is -2.46. The summed E-state index contributed by atoms with van der Waals surface area (Å²) in [5, 5.41) is 23.7. The normalized spacial score (nSPS) is 23.5. The molecule has 274 valence electrons. The molecule has 8 nitrogen and oxygen atoms in total. The Morgan fingerprint density at radius 2 is 1.76 bits per heavy atom. The highest BCUT2D eigenvalue weighted by Gasteiger charge is 2.58. The topological polar surface area (TPSA) is 106 Å². The van der Waals surface area contributed by atoms with Crippen molar-refractivity contribution in [3.05, 3.63) is 106 Å². The van der Waals surface area contributed by atoms with Crippen LogP contribution >= 0.6 is 0 Å². The highest BCUT2D eigenvalue weighted by molar-refractivity contribution is 6.10. The Labute approximate surface area is 299 Å². The molecule has 0 spiro atoms. The molecule has 0 aliphatic heterocycles. The summed E-state index contributed by atoms with van der Waals surface area (Å²) in [6.07, 6.45) is 4.43. The van der Waals surface area contributed by atoms with Crippen LogP contribution in [0.15, 0.2) is 66.2 Å². The summed E-state index contributed by atoms with van der Waals surface area (Å²) in [6.45, 7) is 5.98. The highest BCUT2D eigenvalue weighted by atomic mass is 19.2. The molecule has 4 atom stereocenters. The molecule has 3 aromatic carbocycles. The van der Waals surface area contributed by atoms with Gasteiger partial charge in [0.05, 0.1) is 45.6 Å². The van der Waals surface area contributed by atoms with Crippen LogP contribution in [0.5, 0.6) is 11.5 Å². The number of fused-ring (bicyclic) bond motifs is 8. The van der Waals surface area contributed by atoms with Gasteiger partial charge in [-0.3, -0.25) is 4.79 Å². The van der Waals surface area contributed by atoms with E-state index in [-0.39, 0.29) is 31.2 Å². The predicted molar refractivity (Wildman–Crippen MR) is 190 cm³/mol. The average molecular weight is 706 g/mol. The fourth-order valence-electron chi connectivity index (χ4n) is 7.89. The number of halogens is 2. The van der Waals surface area contributed by atoms with E-state index < -0.39 is 40.6 Å². The van der Waals surface area contributed by atoms with Crippen LogP contribution in [-0.2, 0) is 17.7 Å². The number of hydrogen-bond donors (Lipinski definition) is 2. The average Bonchev–Trinajstić information content (AvgIpc) is 3.36. The maximum atomic E-state index is 14.4. The van der Waals surface area contributed by atoms with Gasteiger partial charge in [0.2, 0.25) is 0 Å². The van der Waals surface area contributed by atoms with Crippen molar-refractivity contribution in [3.8, 4) is 11.5 Å². The molecule has 6 rings (SSSR count). The zero-order valence-electron chi connectivity index (χ0n) is 30.1. The number of hydrogen-bond acceptors (Lipinski definition) is 7. The lowest BCUT2D eigenvalue weighted by Crippen LogP contribution is -2.53. The van der Waals surface area contributed by atoms with E-state index in [0.717, 1.165) is 23.3 Å². The third-order valence-corrected chi connectivity index (χ3v) is 10.9. The summed E-state index contributed by atoms with van der Waals surface area (Å²) in [6, 6.07) is 14.0. The minimum absolute atomic E-state index is 0.00408. The van der Waals surface area contributed by atoms with Crippen LogP contribution in [0.1, 0.15) is 97.8 Å². The molecule has 4 unspecified atom stereocenters. The van der Waals surface area contributed by atoms with Crippen molar-refractivity contribution in [1.82, 2.24) is 4.90 Å². The molecule has 0 radical (unpaired) electrons. The van der Waals surface area contributed by atoms with E-state index in [0.29, 0.717) is 73.1 Å². The Kier molecular flexibility index (Phi) is 11.9. The van der Waals surface area contributed by atoms with Gasteiger partial charge in [0, 0.05) is 28.2 Å². The van der Waals surface area contributed by atoms with E-state index in [2.05, 4.69) is 6.08 Å². The van der Waals surface area contributed by atoms with E-state index in [9.17, 15) is 28.6 Å². The lowest BCUT2D eigenvalue weighted by molar-refractivity contribution is -0.0821. The number of benzene rings is 3. The first-order chi connectivity index (χ1) is 24.3. The summed E-state index contributed by atoms with van der Waals surface area (Å²) < 4.78 is 44.8. The highest BCUT2D eigenvalue weighted by Crippen LogP contribution is 2.59. The fraction of sp³-hybridized carbons (Fsp3) is 0.463. The number of rotatable bonds is 9. The second kappa shape index (κ2) is 15.9. The zero-order valence-corrected chi connectivity index (χ0v) is 30.1. The van der Waals surface area contributed by atoms with E-state index >= 15 is 0 Å². The number of allylic oxidation sites excluding steroid dienone is 2. The summed E-state index contributed by atoms with van der Waals surface area (Å²) in [4.78, 5) is 29.2. The molecule has 1 fully saturated rings. The number of methoxy groups -OCH3 is 2. The van der Waals surface area contributed by atoms with Crippen LogP contribution in [0.25, 0.3) is 0 Å². The molecule has 0 heterocycles. The predicted octanol–water partition coefficient (Wildman–Crippen LogP) is 7.91. The molecule has 0 aromatic heterocycles. The first-order valence-corrected chi connectivity index (χ1v) is 17.6. The van der Waals surface area contributed by atoms with Gasteiger partial charge in [-0.15, -0.1) is 0 Å². The largest absolute Gasteiger partial charge is 0.497 e. The van der Waals surface area contributed by atoms with Gasteiger partial charge in [-0.1, -0.05) is 30.7 Å². The van der Waals surface area contributed by atoms with E-state index in [4.69, 9.17) is 14.2 Å². The molecule has 3 aromatic rings. The van der Waals surface area contributed by atoms with Crippen molar-refractivity contribution in [3.63, 3.8) is 0 Å². The fourth-order valence-corrected chi connectivity index (χ4v) is 7.89. The standard InChI is InChI=1S/C41H49F2NO7/c1-6-51-39(47)44(24-29-11-14-31(49-4)23-37(29)50-5)25-41(48)19-17-34-32-15-10-27(20-30(45)13-9-26(2)8-7-18-40(34,41)3)21-33(32)38(46)28-12-16-35(42)36(43)22-28/h8,10-12,14-16,21-23,30,34,45,48H,6-7,9,13,17-20,24-25H2,1-5H3. The number of aliphatic hydroxyl groups is 2. The van der Waals surface area contributed by atoms with Crippen molar-refractivity contribution < 1.29 is 42.8 Å². The molecule has 2 bridgehead atoms. The second-order valence-electron chi connectivity index (χ2n) is 14.1. The molecule has 10 heteroatoms. The zero-order chi connectivity index (χ0) is 36.9. The van der Waals surface area contributed by atoms with Gasteiger partial charge in [-0.05, 0) is 112 Å². The number of amides is 1. The van der Waals surface area contributed by atoms with Crippen LogP contribution in [0.4, 0.5) is 13.6 Å². The Bertz CT molecular complexity index is 1780. The van der Waals surface area contributed by atoms with Crippen LogP contribution in [0.3, 0.4) is 0 Å². The van der Waals surface area contributed by atoms with Crippen LogP contribution in [0.2, 0.25) is 0 Å². The maximum absolute atomic E-state index is 14.4. The minimum atomic E-state index is -1.42. The van der Waals surface area contributed by atoms with E-state index in [1.807, 2.05) is 32.0 Å². The van der Waals surface area contributed by atoms with Crippen molar-refractivity contribution in [1.29, 1.82) is 0 Å². The van der Waals surface area contributed by atoms with E-state index in [1.54, 1.807) is 39.3 Å². The van der Waals surface area contributed by atoms with Gasteiger partial charge < -0.3 is 29.3 Å². The van der Waals surface area contributed by atoms with Gasteiger partial charge in [0.15, 0.2) is 17.4 Å². The van der Waals surface area contributed by atoms with Gasteiger partial charge in [0.1, 0.15) is 11.5 Å². The summed E-state index contributed by atoms with van der Waals surface area (Å²) >= 11 is 0. The molecular weight excluding hydrogens is 656 g/mol. The minimum Gasteiger partial charge on any atom is -0.497 e. The van der Waals surface area contributed by atoms with Crippen LogP contribution < -0.4 is 9.47 Å². The van der Waals surface area contributed by atoms with Crippen molar-refractivity contribution in [2.45, 2.75) is 89.9 Å². The van der Waals surface area contributed by atoms with Gasteiger partial charge in [0.25, 0.3) is 0 Å². The number of ether oxygens (including phenoxy) is 3. The van der Waals surface area contributed by atoms with Crippen molar-refractivity contribution in [2.75, 3.05) is 27.4 Å². The molecule has 2 N–H and O–H groups in total. The maximum Gasteiger partial charge on any atom is 0.410 e. The molecule has 0 saturated heterocycles. The molecule has 51 heavy (non-hydrogen) atoms. The third kappa shape index (κ3) is 8.12. The Morgan fingerprint density at radius 1 is 0.980 bits per heavy atom. The molecule has 3 aliphatic rings. The van der Waals surface area contributed by atoms with Crippen LogP contribution in [0, 0.1) is 17.0 Å². The quantitative estimate of drug-likeness (QED) is 0.172. The first kappa shape index (κ1) is 38.0. The van der Waals surface area contributed by atoms with Gasteiger partial charge >= 0.3 is 6.09 Å².